The minimum atomic E-state index is 0.946. The Morgan fingerprint density at radius 1 is 0.366 bits per heavy atom. The summed E-state index contributed by atoms with van der Waals surface area (Å²) < 4.78 is 2.36. The highest BCUT2D eigenvalue weighted by Crippen LogP contribution is 2.43. The Hall–Kier alpha value is -5.47. The molecule has 0 saturated heterocycles. The molecule has 0 N–H and O–H groups in total. The minimum absolute atomic E-state index is 0.946. The summed E-state index contributed by atoms with van der Waals surface area (Å²) in [6.07, 6.45) is 0. The first kappa shape index (κ1) is 23.4. The Balaban J connectivity index is 1.45. The average molecular weight is 523 g/mol. The molecule has 1 heterocycles. The predicted molar refractivity (Wildman–Crippen MR) is 172 cm³/mol. The van der Waals surface area contributed by atoms with Gasteiger partial charge in [-0.3, -0.25) is 4.57 Å². The van der Waals surface area contributed by atoms with Crippen molar-refractivity contribution >= 4 is 32.6 Å². The van der Waals surface area contributed by atoms with Crippen molar-refractivity contribution in [3.63, 3.8) is 0 Å². The van der Waals surface area contributed by atoms with Gasteiger partial charge in [-0.25, -0.2) is 4.98 Å². The number of hydrogen-bond acceptors (Lipinski definition) is 1. The fraction of sp³-hybridized carbons (Fsp3) is 0. The van der Waals surface area contributed by atoms with Gasteiger partial charge in [0.1, 0.15) is 5.82 Å². The first-order valence-corrected chi connectivity index (χ1v) is 14.0. The number of para-hydroxylation sites is 2. The predicted octanol–water partition coefficient (Wildman–Crippen LogP) is 10.3. The molecule has 0 spiro atoms. The molecular weight excluding hydrogens is 496 g/mol. The molecule has 0 aliphatic rings. The Bertz CT molecular complexity index is 2120. The maximum absolute atomic E-state index is 5.15. The van der Waals surface area contributed by atoms with Crippen LogP contribution in [0.1, 0.15) is 0 Å². The summed E-state index contributed by atoms with van der Waals surface area (Å²) >= 11 is 0. The van der Waals surface area contributed by atoms with Crippen LogP contribution >= 0.6 is 0 Å². The van der Waals surface area contributed by atoms with Crippen LogP contribution in [0, 0.1) is 0 Å². The summed E-state index contributed by atoms with van der Waals surface area (Å²) in [5.74, 6) is 0.946. The van der Waals surface area contributed by atoms with Crippen molar-refractivity contribution in [2.24, 2.45) is 0 Å². The molecule has 0 amide bonds. The Morgan fingerprint density at radius 2 is 0.829 bits per heavy atom. The first-order valence-electron chi connectivity index (χ1n) is 14.0. The lowest BCUT2D eigenvalue weighted by Crippen LogP contribution is -2.01. The van der Waals surface area contributed by atoms with Crippen molar-refractivity contribution in [2.45, 2.75) is 0 Å². The highest BCUT2D eigenvalue weighted by atomic mass is 15.1. The summed E-state index contributed by atoms with van der Waals surface area (Å²) in [7, 11) is 0. The van der Waals surface area contributed by atoms with Crippen LogP contribution in [0.15, 0.2) is 158 Å². The normalized spacial score (nSPS) is 11.4. The van der Waals surface area contributed by atoms with Gasteiger partial charge in [-0.05, 0) is 45.2 Å². The molecule has 0 aliphatic heterocycles. The lowest BCUT2D eigenvalue weighted by atomic mass is 9.89. The molecule has 0 bridgehead atoms. The summed E-state index contributed by atoms with van der Waals surface area (Å²) in [6.45, 7) is 0. The molecule has 41 heavy (non-hydrogen) atoms. The molecule has 192 valence electrons. The maximum atomic E-state index is 5.15. The van der Waals surface area contributed by atoms with Crippen LogP contribution in [0.25, 0.3) is 71.9 Å². The largest absolute Gasteiger partial charge is 0.291 e. The number of imidazole rings is 1. The van der Waals surface area contributed by atoms with Gasteiger partial charge in [0.15, 0.2) is 0 Å². The second-order valence-corrected chi connectivity index (χ2v) is 10.4. The van der Waals surface area contributed by atoms with Crippen molar-refractivity contribution in [3.8, 4) is 39.3 Å². The Morgan fingerprint density at radius 3 is 1.46 bits per heavy atom. The van der Waals surface area contributed by atoms with Crippen LogP contribution in [0.3, 0.4) is 0 Å². The summed E-state index contributed by atoms with van der Waals surface area (Å²) in [5, 5.41) is 4.86. The van der Waals surface area contributed by atoms with Gasteiger partial charge in [0, 0.05) is 16.3 Å². The number of fused-ring (bicyclic) bond motifs is 3. The number of aromatic nitrogens is 2. The molecule has 2 heteroatoms. The quantitative estimate of drug-likeness (QED) is 0.210. The van der Waals surface area contributed by atoms with E-state index >= 15 is 0 Å². The van der Waals surface area contributed by atoms with Crippen LogP contribution in [-0.4, -0.2) is 9.55 Å². The summed E-state index contributed by atoms with van der Waals surface area (Å²) in [6, 6.07) is 56.1. The Labute approximate surface area is 238 Å². The van der Waals surface area contributed by atoms with Gasteiger partial charge in [-0.1, -0.05) is 146 Å². The first-order chi connectivity index (χ1) is 20.4. The molecule has 7 aromatic carbocycles. The van der Waals surface area contributed by atoms with E-state index in [9.17, 15) is 0 Å². The van der Waals surface area contributed by atoms with Gasteiger partial charge >= 0.3 is 0 Å². The second-order valence-electron chi connectivity index (χ2n) is 10.4. The topological polar surface area (TPSA) is 17.8 Å². The van der Waals surface area contributed by atoms with Crippen LogP contribution < -0.4 is 0 Å². The molecule has 0 saturated carbocycles. The van der Waals surface area contributed by atoms with E-state index in [0.29, 0.717) is 0 Å². The molecule has 8 rings (SSSR count). The number of rotatable bonds is 4. The second kappa shape index (κ2) is 9.62. The zero-order valence-electron chi connectivity index (χ0n) is 22.4. The molecule has 0 fully saturated rings. The highest BCUT2D eigenvalue weighted by molar-refractivity contribution is 6.19. The zero-order chi connectivity index (χ0) is 27.2. The van der Waals surface area contributed by atoms with Crippen molar-refractivity contribution in [3.05, 3.63) is 158 Å². The average Bonchev–Trinajstić information content (AvgIpc) is 3.44. The summed E-state index contributed by atoms with van der Waals surface area (Å²) in [4.78, 5) is 5.15. The maximum Gasteiger partial charge on any atom is 0.145 e. The van der Waals surface area contributed by atoms with Crippen LogP contribution in [-0.2, 0) is 0 Å². The van der Waals surface area contributed by atoms with E-state index in [1.54, 1.807) is 0 Å². The van der Waals surface area contributed by atoms with E-state index in [-0.39, 0.29) is 0 Å². The zero-order valence-corrected chi connectivity index (χ0v) is 22.4. The molecule has 8 aromatic rings. The molecule has 0 unspecified atom stereocenters. The molecular formula is C39H26N2. The summed E-state index contributed by atoms with van der Waals surface area (Å²) in [5.41, 5.74) is 9.25. The van der Waals surface area contributed by atoms with Crippen LogP contribution in [0.2, 0.25) is 0 Å². The van der Waals surface area contributed by atoms with E-state index in [4.69, 9.17) is 4.98 Å². The van der Waals surface area contributed by atoms with Crippen molar-refractivity contribution in [1.82, 2.24) is 9.55 Å². The van der Waals surface area contributed by atoms with Gasteiger partial charge in [0.05, 0.1) is 16.7 Å². The van der Waals surface area contributed by atoms with Crippen molar-refractivity contribution in [2.75, 3.05) is 0 Å². The highest BCUT2D eigenvalue weighted by Gasteiger charge is 2.21. The van der Waals surface area contributed by atoms with Gasteiger partial charge in [-0.15, -0.1) is 0 Å². The van der Waals surface area contributed by atoms with Gasteiger partial charge in [0.2, 0.25) is 0 Å². The van der Waals surface area contributed by atoms with Crippen molar-refractivity contribution < 1.29 is 0 Å². The Kier molecular flexibility index (Phi) is 5.49. The number of nitrogens with zero attached hydrogens (tertiary/aromatic N) is 2. The molecule has 2 nitrogen and oxygen atoms in total. The third-order valence-corrected chi connectivity index (χ3v) is 8.00. The fourth-order valence-electron chi connectivity index (χ4n) is 6.15. The van der Waals surface area contributed by atoms with Gasteiger partial charge < -0.3 is 0 Å². The van der Waals surface area contributed by atoms with E-state index in [1.165, 1.54) is 43.8 Å². The lowest BCUT2D eigenvalue weighted by Gasteiger charge is -2.20. The van der Waals surface area contributed by atoms with E-state index in [2.05, 4.69) is 162 Å². The molecule has 1 aromatic heterocycles. The van der Waals surface area contributed by atoms with Crippen LogP contribution in [0.5, 0.6) is 0 Å². The van der Waals surface area contributed by atoms with E-state index < -0.39 is 0 Å². The van der Waals surface area contributed by atoms with E-state index in [0.717, 1.165) is 28.1 Å². The van der Waals surface area contributed by atoms with E-state index in [1.807, 2.05) is 0 Å². The SMILES string of the molecule is c1ccc(-c2ccc(-c3c4ccccc4c(-n4c(-c5ccccc5)nc5ccccc54)c4ccccc34)cc2)cc1. The minimum Gasteiger partial charge on any atom is -0.291 e. The van der Waals surface area contributed by atoms with Gasteiger partial charge in [0.25, 0.3) is 0 Å². The lowest BCUT2D eigenvalue weighted by molar-refractivity contribution is 1.13. The standard InChI is InChI=1S/C39H26N2/c1-3-13-27(14-4-1)28-23-25-29(26-24-28)37-31-17-7-9-19-33(31)38(34-20-10-8-18-32(34)37)41-36-22-12-11-21-35(36)40-39(41)30-15-5-2-6-16-30/h1-26H. The molecule has 0 aliphatic carbocycles. The fourth-order valence-corrected chi connectivity index (χ4v) is 6.15. The monoisotopic (exact) mass is 522 g/mol. The molecule has 0 radical (unpaired) electrons. The van der Waals surface area contributed by atoms with Gasteiger partial charge in [-0.2, -0.15) is 0 Å². The molecule has 0 atom stereocenters. The smallest absolute Gasteiger partial charge is 0.145 e. The third kappa shape index (κ3) is 3.84. The third-order valence-electron chi connectivity index (χ3n) is 8.00. The van der Waals surface area contributed by atoms with Crippen molar-refractivity contribution in [1.29, 1.82) is 0 Å². The number of hydrogen-bond donors (Lipinski definition) is 0. The van der Waals surface area contributed by atoms with Crippen LogP contribution in [0.4, 0.5) is 0 Å². The number of benzene rings is 7.